The molecule has 1 N–H and O–H groups in total. The molecule has 7 rings (SSSR count). The standard InChI is InChI=1S/C27H31N5O2/c33-26(20-1-2-20)31-13-11-30(12-14-31)24-7-9-28-32-16-21(15-25(24)32)19-3-5-22(6-4-19)27(34)18-29-10-8-23(27)17-29/h3-7,9,15-16,20,23,34H,1-2,8,10-14,17-18H2. The minimum absolute atomic E-state index is 0.292. The number of carbonyl (C=O) groups excluding carboxylic acids is 1. The van der Waals surface area contributed by atoms with Crippen LogP contribution in [0, 0.1) is 11.8 Å². The lowest BCUT2D eigenvalue weighted by Gasteiger charge is -2.36. The zero-order valence-corrected chi connectivity index (χ0v) is 19.4. The summed E-state index contributed by atoms with van der Waals surface area (Å²) >= 11 is 0. The molecule has 7 heteroatoms. The summed E-state index contributed by atoms with van der Waals surface area (Å²) in [6.45, 7) is 6.17. The average Bonchev–Trinajstić information content (AvgIpc) is 3.31. The van der Waals surface area contributed by atoms with Crippen LogP contribution in [0.2, 0.25) is 0 Å². The van der Waals surface area contributed by atoms with E-state index in [4.69, 9.17) is 0 Å². The molecule has 1 amide bonds. The van der Waals surface area contributed by atoms with Crippen molar-refractivity contribution < 1.29 is 9.90 Å². The Bertz CT molecular complexity index is 1240. The molecular weight excluding hydrogens is 426 g/mol. The van der Waals surface area contributed by atoms with E-state index < -0.39 is 5.60 Å². The number of nitrogens with zero attached hydrogens (tertiary/aromatic N) is 5. The topological polar surface area (TPSA) is 64.3 Å². The van der Waals surface area contributed by atoms with Gasteiger partial charge in [0.05, 0.1) is 11.2 Å². The number of amides is 1. The van der Waals surface area contributed by atoms with Gasteiger partial charge in [-0.25, -0.2) is 4.52 Å². The molecule has 3 aliphatic heterocycles. The van der Waals surface area contributed by atoms with E-state index in [0.29, 0.717) is 17.7 Å². The third-order valence-electron chi connectivity index (χ3n) is 8.48. The molecule has 3 atom stereocenters. The van der Waals surface area contributed by atoms with E-state index in [1.165, 1.54) is 5.69 Å². The summed E-state index contributed by atoms with van der Waals surface area (Å²) in [5.74, 6) is 0.989. The molecule has 34 heavy (non-hydrogen) atoms. The Labute approximate surface area is 199 Å². The maximum Gasteiger partial charge on any atom is 0.225 e. The number of piperazine rings is 1. The number of fused-ring (bicyclic) bond motifs is 3. The molecule has 3 aromatic rings. The molecule has 0 spiro atoms. The van der Waals surface area contributed by atoms with Gasteiger partial charge in [0.25, 0.3) is 0 Å². The van der Waals surface area contributed by atoms with Crippen molar-refractivity contribution in [2.45, 2.75) is 24.9 Å². The van der Waals surface area contributed by atoms with Gasteiger partial charge in [0, 0.05) is 69.1 Å². The Kier molecular flexibility index (Phi) is 4.55. The molecule has 7 nitrogen and oxygen atoms in total. The predicted octanol–water partition coefficient (Wildman–Crippen LogP) is 2.58. The van der Waals surface area contributed by atoms with Gasteiger partial charge < -0.3 is 14.9 Å². The second kappa shape index (κ2) is 7.55. The lowest BCUT2D eigenvalue weighted by Crippen LogP contribution is -2.49. The van der Waals surface area contributed by atoms with E-state index in [1.807, 2.05) is 15.6 Å². The highest BCUT2D eigenvalue weighted by Crippen LogP contribution is 2.43. The van der Waals surface area contributed by atoms with Crippen LogP contribution in [-0.4, -0.2) is 76.2 Å². The number of aromatic nitrogens is 2. The van der Waals surface area contributed by atoms with Gasteiger partial charge in [0.1, 0.15) is 5.60 Å². The SMILES string of the molecule is O=C(C1CC1)N1CCN(c2ccnn3cc(-c4ccc(C5(O)CN6CCC5C6)cc4)cc23)CC1. The number of aliphatic hydroxyl groups is 1. The summed E-state index contributed by atoms with van der Waals surface area (Å²) in [4.78, 5) is 19.2. The van der Waals surface area contributed by atoms with Crippen LogP contribution in [0.3, 0.4) is 0 Å². The summed E-state index contributed by atoms with van der Waals surface area (Å²) in [5.41, 5.74) is 4.83. The number of hydrogen-bond acceptors (Lipinski definition) is 5. The van der Waals surface area contributed by atoms with Crippen molar-refractivity contribution >= 4 is 17.1 Å². The van der Waals surface area contributed by atoms with Crippen LogP contribution in [0.15, 0.2) is 48.8 Å². The highest BCUT2D eigenvalue weighted by Gasteiger charge is 2.49. The molecule has 1 aliphatic carbocycles. The van der Waals surface area contributed by atoms with Gasteiger partial charge in [-0.15, -0.1) is 0 Å². The first kappa shape index (κ1) is 20.5. The van der Waals surface area contributed by atoms with E-state index in [1.54, 1.807) is 0 Å². The Balaban J connectivity index is 1.12. The highest BCUT2D eigenvalue weighted by atomic mass is 16.3. The van der Waals surface area contributed by atoms with Crippen molar-refractivity contribution in [3.63, 3.8) is 0 Å². The number of rotatable bonds is 4. The Morgan fingerprint density at radius 1 is 0.971 bits per heavy atom. The quantitative estimate of drug-likeness (QED) is 0.653. The number of benzene rings is 1. The van der Waals surface area contributed by atoms with E-state index in [9.17, 15) is 9.90 Å². The van der Waals surface area contributed by atoms with Gasteiger partial charge in [0.15, 0.2) is 0 Å². The molecule has 4 aliphatic rings. The third-order valence-corrected chi connectivity index (χ3v) is 8.48. The monoisotopic (exact) mass is 457 g/mol. The molecule has 3 unspecified atom stereocenters. The van der Waals surface area contributed by atoms with E-state index in [2.05, 4.69) is 57.5 Å². The van der Waals surface area contributed by atoms with Crippen molar-refractivity contribution in [2.75, 3.05) is 50.7 Å². The molecule has 3 saturated heterocycles. The smallest absolute Gasteiger partial charge is 0.225 e. The molecule has 5 heterocycles. The fraction of sp³-hybridized carbons (Fsp3) is 0.481. The first-order valence-electron chi connectivity index (χ1n) is 12.7. The maximum atomic E-state index is 12.4. The van der Waals surface area contributed by atoms with Crippen molar-refractivity contribution in [1.82, 2.24) is 19.4 Å². The highest BCUT2D eigenvalue weighted by molar-refractivity contribution is 5.82. The van der Waals surface area contributed by atoms with E-state index in [-0.39, 0.29) is 0 Å². The van der Waals surface area contributed by atoms with Crippen LogP contribution in [0.1, 0.15) is 24.8 Å². The van der Waals surface area contributed by atoms with Gasteiger partial charge in [-0.05, 0) is 49.1 Å². The lowest BCUT2D eigenvalue weighted by molar-refractivity contribution is -0.132. The van der Waals surface area contributed by atoms with Gasteiger partial charge in [0.2, 0.25) is 5.91 Å². The zero-order valence-electron chi connectivity index (χ0n) is 19.4. The van der Waals surface area contributed by atoms with Gasteiger partial charge in [-0.1, -0.05) is 24.3 Å². The van der Waals surface area contributed by atoms with Gasteiger partial charge >= 0.3 is 0 Å². The van der Waals surface area contributed by atoms with Crippen LogP contribution in [0.4, 0.5) is 5.69 Å². The molecule has 176 valence electrons. The minimum atomic E-state index is -0.708. The number of anilines is 1. The third kappa shape index (κ3) is 3.25. The fourth-order valence-electron chi connectivity index (χ4n) is 6.30. The van der Waals surface area contributed by atoms with Crippen molar-refractivity contribution in [3.05, 3.63) is 54.4 Å². The number of carbonyl (C=O) groups is 1. The number of piperidine rings is 1. The van der Waals surface area contributed by atoms with Crippen molar-refractivity contribution in [3.8, 4) is 11.1 Å². The molecule has 0 radical (unpaired) electrons. The molecule has 2 aromatic heterocycles. The normalized spacial score (nSPS) is 28.7. The first-order valence-corrected chi connectivity index (χ1v) is 12.7. The van der Waals surface area contributed by atoms with Crippen molar-refractivity contribution in [2.24, 2.45) is 11.8 Å². The van der Waals surface area contributed by atoms with Gasteiger partial charge in [-0.3, -0.25) is 9.69 Å². The Morgan fingerprint density at radius 3 is 2.44 bits per heavy atom. The summed E-state index contributed by atoms with van der Waals surface area (Å²) in [6, 6.07) is 12.8. The predicted molar refractivity (Wildman–Crippen MR) is 131 cm³/mol. The molecular formula is C27H31N5O2. The van der Waals surface area contributed by atoms with Crippen LogP contribution in [-0.2, 0) is 10.4 Å². The van der Waals surface area contributed by atoms with Crippen molar-refractivity contribution in [1.29, 1.82) is 0 Å². The van der Waals surface area contributed by atoms with Crippen LogP contribution < -0.4 is 4.90 Å². The van der Waals surface area contributed by atoms with Gasteiger partial charge in [-0.2, -0.15) is 5.10 Å². The van der Waals surface area contributed by atoms with Crippen LogP contribution in [0.5, 0.6) is 0 Å². The average molecular weight is 458 g/mol. The van der Waals surface area contributed by atoms with Crippen LogP contribution in [0.25, 0.3) is 16.6 Å². The summed E-state index contributed by atoms with van der Waals surface area (Å²) in [5, 5.41) is 15.9. The second-order valence-electron chi connectivity index (χ2n) is 10.6. The zero-order chi connectivity index (χ0) is 22.9. The molecule has 1 aromatic carbocycles. The fourth-order valence-corrected chi connectivity index (χ4v) is 6.30. The minimum Gasteiger partial charge on any atom is -0.383 e. The maximum absolute atomic E-state index is 12.4. The lowest BCUT2D eigenvalue weighted by atomic mass is 9.81. The summed E-state index contributed by atoms with van der Waals surface area (Å²) in [7, 11) is 0. The largest absolute Gasteiger partial charge is 0.383 e. The Morgan fingerprint density at radius 2 is 1.76 bits per heavy atom. The molecule has 2 bridgehead atoms. The second-order valence-corrected chi connectivity index (χ2v) is 10.6. The van der Waals surface area contributed by atoms with E-state index >= 15 is 0 Å². The molecule has 4 fully saturated rings. The van der Waals surface area contributed by atoms with E-state index in [0.717, 1.165) is 87.3 Å². The Hall–Kier alpha value is -2.90. The first-order chi connectivity index (χ1) is 16.6. The number of hydrogen-bond donors (Lipinski definition) is 1. The summed E-state index contributed by atoms with van der Waals surface area (Å²) in [6.07, 6.45) is 7.16. The molecule has 1 saturated carbocycles. The van der Waals surface area contributed by atoms with Crippen LogP contribution >= 0.6 is 0 Å². The summed E-state index contributed by atoms with van der Waals surface area (Å²) < 4.78 is 1.96.